The highest BCUT2D eigenvalue weighted by molar-refractivity contribution is 14.1. The zero-order valence-electron chi connectivity index (χ0n) is 25.2. The van der Waals surface area contributed by atoms with Crippen LogP contribution in [0.15, 0.2) is 91.0 Å². The van der Waals surface area contributed by atoms with Gasteiger partial charge in [-0.05, 0) is 103 Å². The predicted octanol–water partition coefficient (Wildman–Crippen LogP) is 10.6. The van der Waals surface area contributed by atoms with E-state index in [4.69, 9.17) is 9.47 Å². The molecule has 0 aliphatic heterocycles. The molecule has 0 heterocycles. The largest absolute Gasteiger partial charge is 0.444 e. The number of carbonyl (C=O) groups is 2. The quantitative estimate of drug-likeness (QED) is 0.185. The Kier molecular flexibility index (Phi) is 8.38. The van der Waals surface area contributed by atoms with E-state index in [2.05, 4.69) is 45.4 Å². The number of hydrogen-bond donors (Lipinski definition) is 2. The van der Waals surface area contributed by atoms with Crippen LogP contribution in [0.4, 0.5) is 21.0 Å². The van der Waals surface area contributed by atoms with Crippen LogP contribution in [0.25, 0.3) is 43.8 Å². The molecule has 220 valence electrons. The van der Waals surface area contributed by atoms with Gasteiger partial charge in [0, 0.05) is 20.3 Å². The predicted molar refractivity (Wildman–Crippen MR) is 185 cm³/mol. The Hall–Kier alpha value is -4.11. The van der Waals surface area contributed by atoms with Crippen LogP contribution in [0.3, 0.4) is 0 Å². The molecule has 0 unspecified atom stereocenters. The van der Waals surface area contributed by atoms with Crippen LogP contribution in [0, 0.1) is 3.57 Å². The van der Waals surface area contributed by atoms with Gasteiger partial charge in [0.1, 0.15) is 11.2 Å². The highest BCUT2D eigenvalue weighted by atomic mass is 127. The normalized spacial score (nSPS) is 11.8. The number of rotatable bonds is 4. The number of halogens is 1. The molecule has 0 radical (unpaired) electrons. The van der Waals surface area contributed by atoms with E-state index in [0.29, 0.717) is 11.4 Å². The number of carbonyl (C=O) groups excluding carboxylic acids is 2. The van der Waals surface area contributed by atoms with E-state index in [1.54, 1.807) is 0 Å². The molecule has 7 heteroatoms. The standard InChI is InChI=1S/C36H35IN2O4/c1-35(2,3)42-33(40)38-31-27(22-14-8-7-9-15-22)20-23-16-10-12-18-25(23)29(31)30-26-19-13-11-17-24(26)21-28(37)32(30)39-34(41)43-36(4,5)6/h7-21H,1-6H3,(H,38,40)(H,39,41). The summed E-state index contributed by atoms with van der Waals surface area (Å²) in [5.74, 6) is 0. The molecule has 0 saturated carbocycles. The fourth-order valence-corrected chi connectivity index (χ4v) is 5.83. The molecule has 0 aromatic heterocycles. The Morgan fingerprint density at radius 1 is 0.605 bits per heavy atom. The summed E-state index contributed by atoms with van der Waals surface area (Å²) >= 11 is 2.25. The second-order valence-electron chi connectivity index (χ2n) is 12.3. The van der Waals surface area contributed by atoms with Gasteiger partial charge in [0.25, 0.3) is 0 Å². The summed E-state index contributed by atoms with van der Waals surface area (Å²) in [6.45, 7) is 11.0. The van der Waals surface area contributed by atoms with Gasteiger partial charge in [0.2, 0.25) is 0 Å². The third-order valence-electron chi connectivity index (χ3n) is 6.64. The van der Waals surface area contributed by atoms with Gasteiger partial charge in [-0.1, -0.05) is 78.9 Å². The molecule has 2 N–H and O–H groups in total. The Balaban J connectivity index is 1.90. The first-order chi connectivity index (χ1) is 20.3. The number of fused-ring (bicyclic) bond motifs is 2. The van der Waals surface area contributed by atoms with Crippen LogP contribution in [0.5, 0.6) is 0 Å². The number of ether oxygens (including phenoxy) is 2. The van der Waals surface area contributed by atoms with Gasteiger partial charge in [0.15, 0.2) is 0 Å². The summed E-state index contributed by atoms with van der Waals surface area (Å²) in [5.41, 5.74) is 3.08. The zero-order chi connectivity index (χ0) is 30.9. The maximum Gasteiger partial charge on any atom is 0.412 e. The first kappa shape index (κ1) is 30.4. The van der Waals surface area contributed by atoms with Gasteiger partial charge < -0.3 is 9.47 Å². The molecular formula is C36H35IN2O4. The average molecular weight is 687 g/mol. The third-order valence-corrected chi connectivity index (χ3v) is 7.49. The summed E-state index contributed by atoms with van der Waals surface area (Å²) in [6, 6.07) is 30.1. The second-order valence-corrected chi connectivity index (χ2v) is 13.5. The van der Waals surface area contributed by atoms with Crippen molar-refractivity contribution >= 4 is 67.7 Å². The summed E-state index contributed by atoms with van der Waals surface area (Å²) in [4.78, 5) is 26.7. The monoisotopic (exact) mass is 686 g/mol. The van der Waals surface area contributed by atoms with Crippen molar-refractivity contribution < 1.29 is 19.1 Å². The molecule has 0 aliphatic carbocycles. The maximum atomic E-state index is 13.5. The van der Waals surface area contributed by atoms with E-state index < -0.39 is 23.4 Å². The Bertz CT molecular complexity index is 1840. The molecule has 0 saturated heterocycles. The molecule has 0 fully saturated rings. The van der Waals surface area contributed by atoms with E-state index in [1.165, 1.54) is 0 Å². The molecule has 5 aromatic rings. The maximum absolute atomic E-state index is 13.5. The lowest BCUT2D eigenvalue weighted by atomic mass is 9.87. The Morgan fingerprint density at radius 2 is 1.05 bits per heavy atom. The van der Waals surface area contributed by atoms with Crippen LogP contribution < -0.4 is 10.6 Å². The van der Waals surface area contributed by atoms with Gasteiger partial charge in [-0.25, -0.2) is 9.59 Å². The molecule has 0 bridgehead atoms. The van der Waals surface area contributed by atoms with E-state index in [1.807, 2.05) is 120 Å². The van der Waals surface area contributed by atoms with Crippen molar-refractivity contribution in [1.82, 2.24) is 0 Å². The van der Waals surface area contributed by atoms with Crippen molar-refractivity contribution in [3.8, 4) is 22.3 Å². The highest BCUT2D eigenvalue weighted by Crippen LogP contribution is 2.49. The third kappa shape index (κ3) is 6.94. The van der Waals surface area contributed by atoms with Gasteiger partial charge in [-0.2, -0.15) is 0 Å². The van der Waals surface area contributed by atoms with Crippen LogP contribution in [0.2, 0.25) is 0 Å². The minimum atomic E-state index is -0.702. The van der Waals surface area contributed by atoms with Crippen molar-refractivity contribution in [2.45, 2.75) is 52.7 Å². The minimum absolute atomic E-state index is 0.563. The summed E-state index contributed by atoms with van der Waals surface area (Å²) in [7, 11) is 0. The SMILES string of the molecule is CC(C)(C)OC(=O)Nc1c(I)cc2ccccc2c1-c1c(NC(=O)OC(C)(C)C)c(-c2ccccc2)cc2ccccc12. The molecule has 0 aliphatic rings. The Labute approximate surface area is 265 Å². The lowest BCUT2D eigenvalue weighted by Gasteiger charge is -2.26. The second kappa shape index (κ2) is 11.9. The molecular weight excluding hydrogens is 651 g/mol. The van der Waals surface area contributed by atoms with Crippen LogP contribution in [0.1, 0.15) is 41.5 Å². The van der Waals surface area contributed by atoms with E-state index in [-0.39, 0.29) is 0 Å². The lowest BCUT2D eigenvalue weighted by Crippen LogP contribution is -2.28. The van der Waals surface area contributed by atoms with E-state index >= 15 is 0 Å². The molecule has 2 amide bonds. The topological polar surface area (TPSA) is 76.7 Å². The zero-order valence-corrected chi connectivity index (χ0v) is 27.3. The molecule has 6 nitrogen and oxygen atoms in total. The molecule has 0 spiro atoms. The fourth-order valence-electron chi connectivity index (χ4n) is 5.09. The summed E-state index contributed by atoms with van der Waals surface area (Å²) < 4.78 is 12.3. The number of hydrogen-bond acceptors (Lipinski definition) is 4. The van der Waals surface area contributed by atoms with Crippen molar-refractivity contribution in [2.75, 3.05) is 10.6 Å². The van der Waals surface area contributed by atoms with Crippen molar-refractivity contribution in [3.63, 3.8) is 0 Å². The first-order valence-electron chi connectivity index (χ1n) is 14.1. The van der Waals surface area contributed by atoms with E-state index in [9.17, 15) is 9.59 Å². The van der Waals surface area contributed by atoms with E-state index in [0.717, 1.165) is 47.4 Å². The Morgan fingerprint density at radius 3 is 1.58 bits per heavy atom. The van der Waals surface area contributed by atoms with Gasteiger partial charge in [-0.15, -0.1) is 0 Å². The summed E-state index contributed by atoms with van der Waals surface area (Å²) in [5, 5.41) is 9.98. The van der Waals surface area contributed by atoms with Gasteiger partial charge in [-0.3, -0.25) is 10.6 Å². The number of anilines is 2. The average Bonchev–Trinajstić information content (AvgIpc) is 2.92. The number of nitrogens with one attached hydrogen (secondary N) is 2. The van der Waals surface area contributed by atoms with Gasteiger partial charge >= 0.3 is 12.2 Å². The molecule has 0 atom stereocenters. The van der Waals surface area contributed by atoms with Crippen molar-refractivity contribution in [1.29, 1.82) is 0 Å². The van der Waals surface area contributed by atoms with Crippen LogP contribution in [-0.4, -0.2) is 23.4 Å². The number of benzene rings is 5. The first-order valence-corrected chi connectivity index (χ1v) is 15.2. The molecule has 5 rings (SSSR count). The minimum Gasteiger partial charge on any atom is -0.444 e. The van der Waals surface area contributed by atoms with Crippen LogP contribution >= 0.6 is 22.6 Å². The smallest absolute Gasteiger partial charge is 0.412 e. The van der Waals surface area contributed by atoms with Crippen molar-refractivity contribution in [2.24, 2.45) is 0 Å². The summed E-state index contributed by atoms with van der Waals surface area (Å²) in [6.07, 6.45) is -1.13. The highest BCUT2D eigenvalue weighted by Gasteiger charge is 2.27. The lowest BCUT2D eigenvalue weighted by molar-refractivity contribution is 0.0624. The molecule has 43 heavy (non-hydrogen) atoms. The van der Waals surface area contributed by atoms with Crippen molar-refractivity contribution in [3.05, 3.63) is 94.6 Å². The van der Waals surface area contributed by atoms with Crippen LogP contribution in [-0.2, 0) is 9.47 Å². The number of amides is 2. The molecule has 5 aromatic carbocycles. The van der Waals surface area contributed by atoms with Gasteiger partial charge in [0.05, 0.1) is 11.4 Å². The fraction of sp³-hybridized carbons (Fsp3) is 0.222.